The van der Waals surface area contributed by atoms with E-state index in [1.165, 1.54) is 24.3 Å². The van der Waals surface area contributed by atoms with E-state index in [1.807, 2.05) is 6.07 Å². The number of imide groups is 1. The predicted molar refractivity (Wildman–Crippen MR) is 139 cm³/mol. The number of allylic oxidation sites excluding steroid dienone is 1. The number of sulfone groups is 1. The van der Waals surface area contributed by atoms with Crippen LogP contribution in [0.4, 0.5) is 5.69 Å². The number of carbonyl (C=O) groups is 2. The molecular formula is C25H18ClN5O6S. The number of halogens is 1. The van der Waals surface area contributed by atoms with Crippen LogP contribution in [0.2, 0.25) is 0 Å². The number of para-hydroxylation sites is 1. The number of anilines is 1. The molecule has 1 aromatic heterocycles. The van der Waals surface area contributed by atoms with Gasteiger partial charge in [0, 0.05) is 11.3 Å². The molecule has 3 heterocycles. The Morgan fingerprint density at radius 2 is 1.84 bits per heavy atom. The first-order valence-electron chi connectivity index (χ1n) is 11.3. The molecule has 0 radical (unpaired) electrons. The third-order valence-electron chi connectivity index (χ3n) is 6.26. The molecule has 13 heteroatoms. The molecule has 2 aliphatic rings. The van der Waals surface area contributed by atoms with Gasteiger partial charge in [-0.25, -0.2) is 13.4 Å². The molecule has 1 atom stereocenters. The second-order valence-corrected chi connectivity index (χ2v) is 11.3. The molecule has 2 amide bonds. The van der Waals surface area contributed by atoms with E-state index in [2.05, 4.69) is 15.3 Å². The van der Waals surface area contributed by atoms with E-state index >= 15 is 0 Å². The van der Waals surface area contributed by atoms with E-state index in [1.54, 1.807) is 24.3 Å². The molecular weight excluding hydrogens is 534 g/mol. The van der Waals surface area contributed by atoms with E-state index in [0.717, 1.165) is 4.90 Å². The van der Waals surface area contributed by atoms with Crippen LogP contribution in [-0.2, 0) is 19.4 Å². The Kier molecular flexibility index (Phi) is 6.26. The summed E-state index contributed by atoms with van der Waals surface area (Å²) in [4.78, 5) is 45.5. The molecule has 0 saturated carbocycles. The van der Waals surface area contributed by atoms with Crippen molar-refractivity contribution in [3.05, 3.63) is 81.0 Å². The van der Waals surface area contributed by atoms with Crippen LogP contribution in [0.3, 0.4) is 0 Å². The molecule has 1 unspecified atom stereocenters. The highest BCUT2D eigenvalue weighted by atomic mass is 35.5. The number of aromatic nitrogens is 2. The third-order valence-corrected chi connectivity index (χ3v) is 8.36. The molecule has 0 bridgehead atoms. The summed E-state index contributed by atoms with van der Waals surface area (Å²) in [6, 6.07) is 13.5. The zero-order chi connectivity index (χ0) is 27.2. The Morgan fingerprint density at radius 3 is 2.50 bits per heavy atom. The van der Waals surface area contributed by atoms with Crippen LogP contribution in [0.1, 0.15) is 17.8 Å². The zero-order valence-corrected chi connectivity index (χ0v) is 21.0. The molecule has 11 nitrogen and oxygen atoms in total. The molecule has 192 valence electrons. The number of nitrogens with one attached hydrogen (secondary N) is 2. The topological polar surface area (TPSA) is 173 Å². The van der Waals surface area contributed by atoms with Gasteiger partial charge in [0.15, 0.2) is 15.7 Å². The van der Waals surface area contributed by atoms with Crippen LogP contribution in [-0.4, -0.2) is 57.8 Å². The van der Waals surface area contributed by atoms with Crippen molar-refractivity contribution in [2.45, 2.75) is 12.5 Å². The van der Waals surface area contributed by atoms with Gasteiger partial charge in [0.1, 0.15) is 28.1 Å². The summed E-state index contributed by atoms with van der Waals surface area (Å²) in [6.07, 6.45) is 0.149. The molecule has 0 aliphatic carbocycles. The van der Waals surface area contributed by atoms with Gasteiger partial charge in [-0.2, -0.15) is 5.26 Å². The molecule has 1 saturated heterocycles. The van der Waals surface area contributed by atoms with Gasteiger partial charge in [0.25, 0.3) is 17.4 Å². The van der Waals surface area contributed by atoms with E-state index < -0.39 is 39.0 Å². The maximum absolute atomic E-state index is 12.9. The summed E-state index contributed by atoms with van der Waals surface area (Å²) in [5, 5.41) is 23.2. The molecule has 0 spiro atoms. The van der Waals surface area contributed by atoms with Crippen LogP contribution < -0.4 is 10.9 Å². The second-order valence-electron chi connectivity index (χ2n) is 8.70. The largest absolute Gasteiger partial charge is 0.506 e. The van der Waals surface area contributed by atoms with E-state index in [4.69, 9.17) is 11.6 Å². The quantitative estimate of drug-likeness (QED) is 0.244. The van der Waals surface area contributed by atoms with Gasteiger partial charge in [0.05, 0.1) is 28.5 Å². The Hall–Kier alpha value is -4.47. The molecule has 2 aromatic carbocycles. The predicted octanol–water partition coefficient (Wildman–Crippen LogP) is 2.29. The first-order chi connectivity index (χ1) is 18.1. The van der Waals surface area contributed by atoms with E-state index in [9.17, 15) is 33.2 Å². The van der Waals surface area contributed by atoms with Gasteiger partial charge in [-0.1, -0.05) is 23.7 Å². The fraction of sp³-hybridized carbons (Fsp3) is 0.160. The first kappa shape index (κ1) is 25.2. The average molecular weight is 552 g/mol. The smallest absolute Gasteiger partial charge is 0.279 e. The number of H-pyrrole nitrogens is 1. The van der Waals surface area contributed by atoms with Gasteiger partial charge in [-0.05, 0) is 42.8 Å². The van der Waals surface area contributed by atoms with Gasteiger partial charge >= 0.3 is 0 Å². The number of amides is 2. The van der Waals surface area contributed by atoms with Crippen LogP contribution in [0.5, 0.6) is 0 Å². The fourth-order valence-electron chi connectivity index (χ4n) is 4.36. The van der Waals surface area contributed by atoms with Crippen molar-refractivity contribution >= 4 is 61.2 Å². The van der Waals surface area contributed by atoms with E-state index in [-0.39, 0.29) is 45.6 Å². The number of aliphatic hydroxyl groups is 1. The highest BCUT2D eigenvalue weighted by molar-refractivity contribution is 7.91. The monoisotopic (exact) mass is 551 g/mol. The summed E-state index contributed by atoms with van der Waals surface area (Å²) in [5.41, 5.74) is 0.0108. The molecule has 5 rings (SSSR count). The number of fused-ring (bicyclic) bond motifs is 1. The zero-order valence-electron chi connectivity index (χ0n) is 19.4. The van der Waals surface area contributed by atoms with Gasteiger partial charge in [0.2, 0.25) is 0 Å². The lowest BCUT2D eigenvalue weighted by Gasteiger charge is -2.21. The summed E-state index contributed by atoms with van der Waals surface area (Å²) in [5.74, 6) is -2.45. The summed E-state index contributed by atoms with van der Waals surface area (Å²) >= 11 is 6.12. The number of nitriles is 1. The molecule has 2 aliphatic heterocycles. The average Bonchev–Trinajstić information content (AvgIpc) is 3.35. The Balaban J connectivity index is 1.40. The van der Waals surface area contributed by atoms with Crippen LogP contribution in [0.15, 0.2) is 64.1 Å². The highest BCUT2D eigenvalue weighted by Gasteiger charge is 2.45. The fourth-order valence-corrected chi connectivity index (χ4v) is 6.28. The van der Waals surface area contributed by atoms with E-state index in [0.29, 0.717) is 16.6 Å². The van der Waals surface area contributed by atoms with Crippen LogP contribution in [0, 0.1) is 11.3 Å². The molecule has 3 aromatic rings. The Morgan fingerprint density at radius 1 is 1.13 bits per heavy atom. The normalized spacial score (nSPS) is 19.6. The number of nitrogens with zero attached hydrogens (tertiary/aromatic N) is 3. The van der Waals surface area contributed by atoms with Crippen LogP contribution >= 0.6 is 11.6 Å². The minimum absolute atomic E-state index is 0.100. The van der Waals surface area contributed by atoms with Crippen molar-refractivity contribution in [2.75, 3.05) is 16.8 Å². The van der Waals surface area contributed by atoms with Crippen molar-refractivity contribution in [3.63, 3.8) is 0 Å². The SMILES string of the molecule is N#CC(=C(O)c1ccc(NC2=C(Cl)C(=O)N(C3CCS(=O)(=O)C3)C2=O)cc1)c1nc2ccccc2c(=O)[nH]1. The third kappa shape index (κ3) is 4.42. The van der Waals surface area contributed by atoms with Crippen molar-refractivity contribution in [1.82, 2.24) is 14.9 Å². The van der Waals surface area contributed by atoms with Crippen molar-refractivity contribution in [2.24, 2.45) is 0 Å². The summed E-state index contributed by atoms with van der Waals surface area (Å²) < 4.78 is 23.6. The highest BCUT2D eigenvalue weighted by Crippen LogP contribution is 2.31. The lowest BCUT2D eigenvalue weighted by molar-refractivity contribution is -0.139. The Bertz CT molecular complexity index is 1790. The maximum Gasteiger partial charge on any atom is 0.279 e. The number of benzene rings is 2. The van der Waals surface area contributed by atoms with Crippen molar-refractivity contribution in [3.8, 4) is 6.07 Å². The van der Waals surface area contributed by atoms with Gasteiger partial charge in [-0.15, -0.1) is 0 Å². The lowest BCUT2D eigenvalue weighted by Crippen LogP contribution is -2.42. The van der Waals surface area contributed by atoms with Gasteiger partial charge < -0.3 is 15.4 Å². The Labute approximate surface area is 220 Å². The van der Waals surface area contributed by atoms with Gasteiger partial charge in [-0.3, -0.25) is 19.3 Å². The number of hydrogen-bond acceptors (Lipinski definition) is 9. The maximum atomic E-state index is 12.9. The number of carbonyl (C=O) groups excluding carboxylic acids is 2. The number of aliphatic hydroxyl groups excluding tert-OH is 1. The molecule has 38 heavy (non-hydrogen) atoms. The summed E-state index contributed by atoms with van der Waals surface area (Å²) in [7, 11) is -3.33. The van der Waals surface area contributed by atoms with Crippen molar-refractivity contribution < 1.29 is 23.1 Å². The van der Waals surface area contributed by atoms with Crippen LogP contribution in [0.25, 0.3) is 22.2 Å². The first-order valence-corrected chi connectivity index (χ1v) is 13.5. The second kappa shape index (κ2) is 9.44. The minimum Gasteiger partial charge on any atom is -0.506 e. The standard InChI is InChI=1S/C25H18ClN5O6S/c26-19-20(25(35)31(24(19)34)15-9-10-38(36,37)12-15)28-14-7-5-13(6-8-14)21(32)17(11-27)22-29-18-4-2-1-3-16(18)23(33)30-22/h1-8,15,28,32H,9-10,12H2,(H,29,30,33). The lowest BCUT2D eigenvalue weighted by atomic mass is 10.1. The number of aromatic amines is 1. The number of rotatable bonds is 5. The molecule has 3 N–H and O–H groups in total. The number of hydrogen-bond donors (Lipinski definition) is 3. The molecule has 1 fully saturated rings. The van der Waals surface area contributed by atoms with Crippen molar-refractivity contribution in [1.29, 1.82) is 5.26 Å². The minimum atomic E-state index is -3.33. The summed E-state index contributed by atoms with van der Waals surface area (Å²) in [6.45, 7) is 0.